The van der Waals surface area contributed by atoms with Crippen molar-refractivity contribution in [2.75, 3.05) is 14.7 Å². The Morgan fingerprint density at radius 1 is 0.596 bits per heavy atom. The number of para-hydroxylation sites is 4. The third-order valence-corrected chi connectivity index (χ3v) is 10.4. The number of nitrogens with one attached hydrogen (secondary N) is 1. The molecule has 2 atom stereocenters. The minimum Gasteiger partial charge on any atom is -0.345 e. The second kappa shape index (κ2) is 9.24. The molecule has 1 N–H and O–H groups in total. The molecule has 2 unspecified atom stereocenters. The second-order valence-electron chi connectivity index (χ2n) is 12.7. The number of aromatic nitrogens is 3. The Hall–Kier alpha value is -6.08. The lowest BCUT2D eigenvalue weighted by Crippen LogP contribution is -2.63. The topological polar surface area (TPSA) is 51.3 Å². The SMILES string of the molecule is c1ccc(N2c3ccccc3B3c4nccc5c4N(c4cc(-c6ncc[nH]6)cc2c43)C2C5c3ccccc3N2c2ccccc2)cc1. The fraction of sp³-hybridized carbons (Fsp3) is 0.0500. The Kier molecular flexibility index (Phi) is 4.94. The summed E-state index contributed by atoms with van der Waals surface area (Å²) in [6.07, 6.45) is 5.78. The lowest BCUT2D eigenvalue weighted by atomic mass is 9.35. The van der Waals surface area contributed by atoms with Gasteiger partial charge in [-0.1, -0.05) is 72.8 Å². The summed E-state index contributed by atoms with van der Waals surface area (Å²) in [7, 11) is 0. The van der Waals surface area contributed by atoms with Gasteiger partial charge in [-0.25, -0.2) is 4.98 Å². The predicted molar refractivity (Wildman–Crippen MR) is 190 cm³/mol. The van der Waals surface area contributed by atoms with Crippen molar-refractivity contribution in [3.8, 4) is 11.4 Å². The van der Waals surface area contributed by atoms with Crippen molar-refractivity contribution in [3.05, 3.63) is 157 Å². The Labute approximate surface area is 272 Å². The molecule has 47 heavy (non-hydrogen) atoms. The van der Waals surface area contributed by atoms with Crippen LogP contribution >= 0.6 is 0 Å². The highest BCUT2D eigenvalue weighted by atomic mass is 15.4. The van der Waals surface area contributed by atoms with Gasteiger partial charge in [0.05, 0.1) is 11.6 Å². The fourth-order valence-corrected chi connectivity index (χ4v) is 8.72. The minimum absolute atomic E-state index is 0.00648. The van der Waals surface area contributed by atoms with Crippen LogP contribution in [-0.2, 0) is 0 Å². The van der Waals surface area contributed by atoms with Crippen LogP contribution in [0.4, 0.5) is 39.8 Å². The summed E-state index contributed by atoms with van der Waals surface area (Å²) in [6.45, 7) is -0.00717. The van der Waals surface area contributed by atoms with Crippen LogP contribution in [0.5, 0.6) is 0 Å². The molecule has 0 aliphatic carbocycles. The fourth-order valence-electron chi connectivity index (χ4n) is 8.72. The number of anilines is 7. The largest absolute Gasteiger partial charge is 0.345 e. The summed E-state index contributed by atoms with van der Waals surface area (Å²) in [5, 5.41) is 0. The van der Waals surface area contributed by atoms with Crippen LogP contribution < -0.4 is 31.2 Å². The van der Waals surface area contributed by atoms with Gasteiger partial charge in [-0.3, -0.25) is 4.98 Å². The van der Waals surface area contributed by atoms with Crippen LogP contribution in [0.15, 0.2) is 146 Å². The van der Waals surface area contributed by atoms with E-state index >= 15 is 0 Å². The van der Waals surface area contributed by atoms with E-state index in [1.807, 2.05) is 18.6 Å². The average molecular weight is 603 g/mol. The Morgan fingerprint density at radius 3 is 2.13 bits per heavy atom. The molecule has 7 heteroatoms. The Balaban J connectivity index is 1.26. The molecule has 4 aliphatic rings. The van der Waals surface area contributed by atoms with Crippen LogP contribution in [-0.4, -0.2) is 27.8 Å². The van der Waals surface area contributed by atoms with Gasteiger partial charge in [0.2, 0.25) is 0 Å². The first-order valence-corrected chi connectivity index (χ1v) is 16.2. The van der Waals surface area contributed by atoms with E-state index in [9.17, 15) is 0 Å². The molecule has 11 rings (SSSR count). The first-order chi connectivity index (χ1) is 23.4. The summed E-state index contributed by atoms with van der Waals surface area (Å²) in [6, 6.07) is 46.3. The Bertz CT molecular complexity index is 2360. The number of aromatic amines is 1. The van der Waals surface area contributed by atoms with Gasteiger partial charge < -0.3 is 19.7 Å². The van der Waals surface area contributed by atoms with Crippen molar-refractivity contribution in [2.45, 2.75) is 12.1 Å². The van der Waals surface area contributed by atoms with Gasteiger partial charge in [0.1, 0.15) is 12.0 Å². The molecule has 6 nitrogen and oxygen atoms in total. The molecule has 2 aromatic heterocycles. The van der Waals surface area contributed by atoms with E-state index in [2.05, 4.69) is 147 Å². The first kappa shape index (κ1) is 25.2. The zero-order valence-corrected chi connectivity index (χ0v) is 25.3. The van der Waals surface area contributed by atoms with Crippen molar-refractivity contribution in [2.24, 2.45) is 0 Å². The predicted octanol–water partition coefficient (Wildman–Crippen LogP) is 6.85. The summed E-state index contributed by atoms with van der Waals surface area (Å²) in [5.41, 5.74) is 15.8. The number of benzene rings is 5. The number of hydrogen-bond acceptors (Lipinski definition) is 5. The molecule has 0 fully saturated rings. The number of pyridine rings is 1. The molecule has 7 aromatic rings. The lowest BCUT2D eigenvalue weighted by Gasteiger charge is -2.45. The number of rotatable bonds is 3. The third-order valence-electron chi connectivity index (χ3n) is 10.4. The molecule has 4 aliphatic heterocycles. The average Bonchev–Trinajstić information content (AvgIpc) is 3.87. The quantitative estimate of drug-likeness (QED) is 0.225. The molecule has 0 spiro atoms. The molecule has 0 radical (unpaired) electrons. The van der Waals surface area contributed by atoms with Crippen molar-refractivity contribution < 1.29 is 0 Å². The van der Waals surface area contributed by atoms with E-state index in [0.717, 1.165) is 28.4 Å². The highest BCUT2D eigenvalue weighted by Crippen LogP contribution is 2.59. The summed E-state index contributed by atoms with van der Waals surface area (Å²) < 4.78 is 0. The smallest absolute Gasteiger partial charge is 0.275 e. The van der Waals surface area contributed by atoms with E-state index in [0.29, 0.717) is 0 Å². The number of hydrogen-bond donors (Lipinski definition) is 1. The van der Waals surface area contributed by atoms with Gasteiger partial charge in [-0.2, -0.15) is 0 Å². The molecule has 0 saturated carbocycles. The first-order valence-electron chi connectivity index (χ1n) is 16.2. The molecule has 6 heterocycles. The van der Waals surface area contributed by atoms with Gasteiger partial charge in [-0.05, 0) is 76.6 Å². The van der Waals surface area contributed by atoms with E-state index in [4.69, 9.17) is 9.97 Å². The molecular formula is C40H27BN6. The third kappa shape index (κ3) is 3.25. The summed E-state index contributed by atoms with van der Waals surface area (Å²) in [5.74, 6) is 1.02. The van der Waals surface area contributed by atoms with Crippen molar-refractivity contribution in [3.63, 3.8) is 0 Å². The molecular weight excluding hydrogens is 575 g/mol. The van der Waals surface area contributed by atoms with Crippen LogP contribution in [0.3, 0.4) is 0 Å². The van der Waals surface area contributed by atoms with Crippen molar-refractivity contribution >= 4 is 63.0 Å². The van der Waals surface area contributed by atoms with Crippen molar-refractivity contribution in [1.82, 2.24) is 15.0 Å². The van der Waals surface area contributed by atoms with Gasteiger partial charge in [0, 0.05) is 63.9 Å². The molecule has 220 valence electrons. The molecule has 0 amide bonds. The lowest BCUT2D eigenvalue weighted by molar-refractivity contribution is 0.670. The summed E-state index contributed by atoms with van der Waals surface area (Å²) >= 11 is 0. The normalized spacial score (nSPS) is 17.6. The van der Waals surface area contributed by atoms with Crippen molar-refractivity contribution in [1.29, 1.82) is 0 Å². The highest BCUT2D eigenvalue weighted by Gasteiger charge is 2.56. The van der Waals surface area contributed by atoms with E-state index in [1.165, 1.54) is 50.5 Å². The van der Waals surface area contributed by atoms with Crippen LogP contribution in [0, 0.1) is 0 Å². The van der Waals surface area contributed by atoms with E-state index in [-0.39, 0.29) is 18.8 Å². The summed E-state index contributed by atoms with van der Waals surface area (Å²) in [4.78, 5) is 21.0. The van der Waals surface area contributed by atoms with Crippen LogP contribution in [0.1, 0.15) is 17.0 Å². The zero-order chi connectivity index (χ0) is 30.6. The molecule has 0 saturated heterocycles. The van der Waals surface area contributed by atoms with Gasteiger partial charge >= 0.3 is 0 Å². The van der Waals surface area contributed by atoms with Crippen LogP contribution in [0.2, 0.25) is 0 Å². The maximum atomic E-state index is 5.25. The minimum atomic E-state index is -0.00717. The number of fused-ring (bicyclic) bond motifs is 9. The van der Waals surface area contributed by atoms with E-state index in [1.54, 1.807) is 0 Å². The standard InChI is InChI=1S/C40H27BN6/c1-3-11-26(12-4-1)45-32-18-10-8-16-30(32)41-36-33(45)23-25(39-43-21-22-44-39)24-34(36)47-37-29(19-20-42-38(37)41)35-28-15-7-9-17-31(28)46(40(35)47)27-13-5-2-6-14-27/h1-24,35,40H,(H,43,44). The second-order valence-corrected chi connectivity index (χ2v) is 12.7. The number of H-pyrrole nitrogens is 1. The maximum Gasteiger partial charge on any atom is 0.275 e. The Morgan fingerprint density at radius 2 is 1.32 bits per heavy atom. The monoisotopic (exact) mass is 602 g/mol. The van der Waals surface area contributed by atoms with E-state index < -0.39 is 0 Å². The maximum absolute atomic E-state index is 5.25. The van der Waals surface area contributed by atoms with Gasteiger partial charge in [0.15, 0.2) is 0 Å². The zero-order valence-electron chi connectivity index (χ0n) is 25.3. The van der Waals surface area contributed by atoms with Gasteiger partial charge in [0.25, 0.3) is 6.71 Å². The highest BCUT2D eigenvalue weighted by molar-refractivity contribution is 7.00. The van der Waals surface area contributed by atoms with Gasteiger partial charge in [-0.15, -0.1) is 0 Å². The number of nitrogens with zero attached hydrogens (tertiary/aromatic N) is 5. The number of imidazole rings is 1. The molecule has 0 bridgehead atoms. The van der Waals surface area contributed by atoms with Crippen LogP contribution in [0.25, 0.3) is 11.4 Å². The molecule has 5 aromatic carbocycles.